The lowest BCUT2D eigenvalue weighted by molar-refractivity contribution is 0.564. The van der Waals surface area contributed by atoms with E-state index in [1.54, 1.807) is 6.20 Å². The Hall–Kier alpha value is -0.880. The third kappa shape index (κ3) is 2.75. The zero-order valence-electron chi connectivity index (χ0n) is 10.5. The van der Waals surface area contributed by atoms with Gasteiger partial charge in [0.2, 0.25) is 0 Å². The average molecular weight is 315 g/mol. The van der Waals surface area contributed by atoms with Crippen LogP contribution in [0.5, 0.6) is 0 Å². The summed E-state index contributed by atoms with van der Waals surface area (Å²) >= 11 is 3.35. The summed E-state index contributed by atoms with van der Waals surface area (Å²) in [5.41, 5.74) is 6.67. The largest absolute Gasteiger partial charge is 0.378 e. The number of aryl methyl sites for hydroxylation is 1. The number of hydrogen-bond acceptors (Lipinski definition) is 4. The standard InChI is InChI=1S/C12H19BrN4O/c1-2-6-17-12(18)11(13)10(7-15-17)16-9-5-3-4-8(9)14/h7-9,16H,2-6,14H2,1H3. The minimum Gasteiger partial charge on any atom is -0.378 e. The van der Waals surface area contributed by atoms with Gasteiger partial charge in [0.1, 0.15) is 4.47 Å². The number of aromatic nitrogens is 2. The molecule has 0 amide bonds. The van der Waals surface area contributed by atoms with Crippen molar-refractivity contribution in [1.29, 1.82) is 0 Å². The predicted octanol–water partition coefficient (Wildman–Crippen LogP) is 1.71. The molecule has 6 heteroatoms. The summed E-state index contributed by atoms with van der Waals surface area (Å²) in [6.07, 6.45) is 5.81. The highest BCUT2D eigenvalue weighted by Crippen LogP contribution is 2.24. The first-order chi connectivity index (χ1) is 8.63. The molecular weight excluding hydrogens is 296 g/mol. The minimum atomic E-state index is -0.0894. The highest BCUT2D eigenvalue weighted by Gasteiger charge is 2.24. The molecule has 0 bridgehead atoms. The first-order valence-corrected chi connectivity index (χ1v) is 7.20. The van der Waals surface area contributed by atoms with Gasteiger partial charge in [-0.3, -0.25) is 4.79 Å². The second-order valence-electron chi connectivity index (χ2n) is 4.75. The van der Waals surface area contributed by atoms with Crippen LogP contribution >= 0.6 is 15.9 Å². The number of nitrogens with two attached hydrogens (primary N) is 1. The Balaban J connectivity index is 2.19. The van der Waals surface area contributed by atoms with Crippen LogP contribution in [0.3, 0.4) is 0 Å². The summed E-state index contributed by atoms with van der Waals surface area (Å²) in [5.74, 6) is 0. The van der Waals surface area contributed by atoms with E-state index >= 15 is 0 Å². The first-order valence-electron chi connectivity index (χ1n) is 6.41. The summed E-state index contributed by atoms with van der Waals surface area (Å²) < 4.78 is 2.02. The number of nitrogens with zero attached hydrogens (tertiary/aromatic N) is 2. The molecule has 2 unspecified atom stereocenters. The van der Waals surface area contributed by atoms with Crippen molar-refractivity contribution in [3.63, 3.8) is 0 Å². The summed E-state index contributed by atoms with van der Waals surface area (Å²) in [6.45, 7) is 2.66. The first kappa shape index (κ1) is 13.5. The third-order valence-electron chi connectivity index (χ3n) is 3.33. The van der Waals surface area contributed by atoms with E-state index in [2.05, 4.69) is 26.3 Å². The summed E-state index contributed by atoms with van der Waals surface area (Å²) in [7, 11) is 0. The Bertz CT molecular complexity index is 474. The molecule has 1 aromatic rings. The van der Waals surface area contributed by atoms with Crippen LogP contribution in [0.25, 0.3) is 0 Å². The van der Waals surface area contributed by atoms with Gasteiger partial charge in [0.25, 0.3) is 5.56 Å². The molecule has 0 saturated heterocycles. The molecule has 1 fully saturated rings. The van der Waals surface area contributed by atoms with Crippen LogP contribution in [0.2, 0.25) is 0 Å². The zero-order valence-corrected chi connectivity index (χ0v) is 12.1. The molecule has 1 aromatic heterocycles. The van der Waals surface area contributed by atoms with Crippen molar-refractivity contribution < 1.29 is 0 Å². The fourth-order valence-corrected chi connectivity index (χ4v) is 2.73. The molecule has 0 radical (unpaired) electrons. The minimum absolute atomic E-state index is 0.0894. The maximum Gasteiger partial charge on any atom is 0.283 e. The van der Waals surface area contributed by atoms with Crippen molar-refractivity contribution in [1.82, 2.24) is 9.78 Å². The number of rotatable bonds is 4. The van der Waals surface area contributed by atoms with E-state index in [-0.39, 0.29) is 17.6 Å². The van der Waals surface area contributed by atoms with Gasteiger partial charge in [-0.2, -0.15) is 5.10 Å². The van der Waals surface area contributed by atoms with E-state index < -0.39 is 0 Å². The molecule has 1 saturated carbocycles. The van der Waals surface area contributed by atoms with Crippen LogP contribution in [0.15, 0.2) is 15.5 Å². The third-order valence-corrected chi connectivity index (χ3v) is 4.10. The van der Waals surface area contributed by atoms with E-state index in [4.69, 9.17) is 5.73 Å². The summed E-state index contributed by atoms with van der Waals surface area (Å²) in [5, 5.41) is 7.49. The number of nitrogens with one attached hydrogen (secondary N) is 1. The highest BCUT2D eigenvalue weighted by atomic mass is 79.9. The molecule has 5 nitrogen and oxygen atoms in total. The molecular formula is C12H19BrN4O. The molecule has 100 valence electrons. The fraction of sp³-hybridized carbons (Fsp3) is 0.667. The number of hydrogen-bond donors (Lipinski definition) is 2. The van der Waals surface area contributed by atoms with Crippen LogP contribution in [-0.2, 0) is 6.54 Å². The Labute approximate surface area is 115 Å². The van der Waals surface area contributed by atoms with E-state index in [0.29, 0.717) is 11.0 Å². The Morgan fingerprint density at radius 3 is 3.00 bits per heavy atom. The van der Waals surface area contributed by atoms with E-state index in [0.717, 1.165) is 31.4 Å². The van der Waals surface area contributed by atoms with Crippen molar-refractivity contribution in [2.24, 2.45) is 5.73 Å². The van der Waals surface area contributed by atoms with Crippen LogP contribution in [0, 0.1) is 0 Å². The van der Waals surface area contributed by atoms with Crippen LogP contribution < -0.4 is 16.6 Å². The maximum absolute atomic E-state index is 12.0. The fourth-order valence-electron chi connectivity index (χ4n) is 2.30. The van der Waals surface area contributed by atoms with Crippen LogP contribution in [-0.4, -0.2) is 21.9 Å². The Morgan fingerprint density at radius 1 is 1.61 bits per heavy atom. The predicted molar refractivity (Wildman–Crippen MR) is 75.7 cm³/mol. The molecule has 3 N–H and O–H groups in total. The van der Waals surface area contributed by atoms with Gasteiger partial charge in [-0.1, -0.05) is 6.92 Å². The normalized spacial score (nSPS) is 23.3. The lowest BCUT2D eigenvalue weighted by Gasteiger charge is -2.19. The smallest absolute Gasteiger partial charge is 0.283 e. The van der Waals surface area contributed by atoms with E-state index in [1.165, 1.54) is 4.68 Å². The second kappa shape index (κ2) is 5.84. The second-order valence-corrected chi connectivity index (χ2v) is 5.54. The van der Waals surface area contributed by atoms with E-state index in [9.17, 15) is 4.79 Å². The lowest BCUT2D eigenvalue weighted by atomic mass is 10.2. The Kier molecular flexibility index (Phi) is 4.40. The van der Waals surface area contributed by atoms with Crippen LogP contribution in [0.1, 0.15) is 32.6 Å². The van der Waals surface area contributed by atoms with Gasteiger partial charge in [-0.15, -0.1) is 0 Å². The molecule has 2 atom stereocenters. The van der Waals surface area contributed by atoms with Crippen molar-refractivity contribution in [3.8, 4) is 0 Å². The van der Waals surface area contributed by atoms with E-state index in [1.807, 2.05) is 6.92 Å². The summed E-state index contributed by atoms with van der Waals surface area (Å²) in [4.78, 5) is 12.0. The van der Waals surface area contributed by atoms with Crippen molar-refractivity contribution in [3.05, 3.63) is 21.0 Å². The van der Waals surface area contributed by atoms with Crippen molar-refractivity contribution in [2.45, 2.75) is 51.2 Å². The van der Waals surface area contributed by atoms with Gasteiger partial charge in [-0.25, -0.2) is 4.68 Å². The lowest BCUT2D eigenvalue weighted by Crippen LogP contribution is -2.36. The Morgan fingerprint density at radius 2 is 2.39 bits per heavy atom. The number of anilines is 1. The van der Waals surface area contributed by atoms with Gasteiger partial charge in [0.15, 0.2) is 0 Å². The molecule has 0 aliphatic heterocycles. The monoisotopic (exact) mass is 314 g/mol. The molecule has 1 aliphatic carbocycles. The van der Waals surface area contributed by atoms with Gasteiger partial charge < -0.3 is 11.1 Å². The van der Waals surface area contributed by atoms with Gasteiger partial charge in [-0.05, 0) is 41.6 Å². The van der Waals surface area contributed by atoms with Gasteiger partial charge in [0.05, 0.1) is 11.9 Å². The van der Waals surface area contributed by atoms with Crippen molar-refractivity contribution >= 4 is 21.6 Å². The van der Waals surface area contributed by atoms with Gasteiger partial charge >= 0.3 is 0 Å². The van der Waals surface area contributed by atoms with Crippen LogP contribution in [0.4, 0.5) is 5.69 Å². The highest BCUT2D eigenvalue weighted by molar-refractivity contribution is 9.10. The maximum atomic E-state index is 12.0. The molecule has 2 rings (SSSR count). The molecule has 1 aliphatic rings. The topological polar surface area (TPSA) is 72.9 Å². The SMILES string of the molecule is CCCn1ncc(NC2CCCC2N)c(Br)c1=O. The number of halogens is 1. The average Bonchev–Trinajstić information content (AvgIpc) is 2.75. The van der Waals surface area contributed by atoms with Gasteiger partial charge in [0, 0.05) is 18.6 Å². The zero-order chi connectivity index (χ0) is 13.1. The molecule has 1 heterocycles. The summed E-state index contributed by atoms with van der Waals surface area (Å²) in [6, 6.07) is 0.402. The molecule has 0 spiro atoms. The molecule has 0 aromatic carbocycles. The quantitative estimate of drug-likeness (QED) is 0.887. The molecule has 18 heavy (non-hydrogen) atoms. The van der Waals surface area contributed by atoms with Crippen molar-refractivity contribution in [2.75, 3.05) is 5.32 Å².